The number of anilines is 1. The zero-order valence-electron chi connectivity index (χ0n) is 15.2. The Morgan fingerprint density at radius 1 is 1.18 bits per heavy atom. The van der Waals surface area contributed by atoms with Crippen LogP contribution < -0.4 is 10.0 Å². The van der Waals surface area contributed by atoms with Crippen LogP contribution in [0.4, 0.5) is 11.4 Å². The predicted octanol–water partition coefficient (Wildman–Crippen LogP) is 2.33. The maximum absolute atomic E-state index is 12.6. The topological polar surface area (TPSA) is 124 Å². The van der Waals surface area contributed by atoms with Gasteiger partial charge in [-0.2, -0.15) is 0 Å². The van der Waals surface area contributed by atoms with E-state index < -0.39 is 14.9 Å². The molecule has 3 rings (SSSR count). The van der Waals surface area contributed by atoms with Crippen LogP contribution in [0.5, 0.6) is 0 Å². The lowest BCUT2D eigenvalue weighted by Crippen LogP contribution is -2.39. The number of nitrogens with two attached hydrogens (primary N) is 1. The summed E-state index contributed by atoms with van der Waals surface area (Å²) < 4.78 is 22.8. The Hall–Kier alpha value is -2.78. The molecule has 1 heterocycles. The molecule has 0 radical (unpaired) electrons. The zero-order chi connectivity index (χ0) is 20.3. The highest BCUT2D eigenvalue weighted by molar-refractivity contribution is 7.89. The Kier molecular flexibility index (Phi) is 5.76. The third kappa shape index (κ3) is 4.73. The summed E-state index contributed by atoms with van der Waals surface area (Å²) in [5.74, 6) is -0.628. The molecule has 2 aromatic rings. The molecule has 2 N–H and O–H groups in total. The molecule has 1 saturated heterocycles. The molecule has 1 fully saturated rings. The SMILES string of the molecule is NS(=O)(=O)CC1CCCN(c2ccc(C(=O)c3ccccc3)cc2[N+](=O)[O-])C1. The van der Waals surface area contributed by atoms with Gasteiger partial charge in [0.25, 0.3) is 5.69 Å². The fraction of sp³-hybridized carbons (Fsp3) is 0.316. The number of benzene rings is 2. The van der Waals surface area contributed by atoms with E-state index in [4.69, 9.17) is 5.14 Å². The van der Waals surface area contributed by atoms with Crippen molar-refractivity contribution in [2.75, 3.05) is 23.7 Å². The number of carbonyl (C=O) groups excluding carboxylic acids is 1. The first-order valence-electron chi connectivity index (χ1n) is 8.88. The molecular formula is C19H21N3O5S. The molecule has 2 aromatic carbocycles. The van der Waals surface area contributed by atoms with E-state index in [9.17, 15) is 23.3 Å². The van der Waals surface area contributed by atoms with Crippen LogP contribution in [-0.4, -0.2) is 38.0 Å². The smallest absolute Gasteiger partial charge is 0.293 e. The molecule has 0 saturated carbocycles. The van der Waals surface area contributed by atoms with E-state index in [0.29, 0.717) is 37.2 Å². The maximum atomic E-state index is 12.6. The second kappa shape index (κ2) is 8.07. The number of primary sulfonamides is 1. The third-order valence-electron chi connectivity index (χ3n) is 4.80. The van der Waals surface area contributed by atoms with Crippen molar-refractivity contribution in [3.63, 3.8) is 0 Å². The molecular weight excluding hydrogens is 382 g/mol. The van der Waals surface area contributed by atoms with Crippen molar-refractivity contribution in [1.29, 1.82) is 0 Å². The van der Waals surface area contributed by atoms with Crippen molar-refractivity contribution >= 4 is 27.2 Å². The average Bonchev–Trinajstić information content (AvgIpc) is 2.66. The first-order valence-corrected chi connectivity index (χ1v) is 10.6. The molecule has 1 unspecified atom stereocenters. The molecule has 148 valence electrons. The summed E-state index contributed by atoms with van der Waals surface area (Å²) in [4.78, 5) is 25.5. The van der Waals surface area contributed by atoms with Crippen LogP contribution in [0.1, 0.15) is 28.8 Å². The Labute approximate surface area is 163 Å². The molecule has 1 atom stereocenters. The van der Waals surface area contributed by atoms with Gasteiger partial charge in [-0.25, -0.2) is 13.6 Å². The van der Waals surface area contributed by atoms with Crippen LogP contribution in [0, 0.1) is 16.0 Å². The Bertz CT molecular complexity index is 992. The monoisotopic (exact) mass is 403 g/mol. The molecule has 0 spiro atoms. The molecule has 1 aliphatic rings. The van der Waals surface area contributed by atoms with Crippen LogP contribution in [0.15, 0.2) is 48.5 Å². The first-order chi connectivity index (χ1) is 13.2. The van der Waals surface area contributed by atoms with Crippen molar-refractivity contribution in [2.24, 2.45) is 11.1 Å². The van der Waals surface area contributed by atoms with E-state index in [1.807, 2.05) is 0 Å². The summed E-state index contributed by atoms with van der Waals surface area (Å²) in [6.07, 6.45) is 1.41. The third-order valence-corrected chi connectivity index (χ3v) is 5.73. The largest absolute Gasteiger partial charge is 0.366 e. The molecule has 0 bridgehead atoms. The van der Waals surface area contributed by atoms with E-state index in [1.165, 1.54) is 6.07 Å². The van der Waals surface area contributed by atoms with Gasteiger partial charge in [-0.05, 0) is 30.9 Å². The van der Waals surface area contributed by atoms with Gasteiger partial charge in [0, 0.05) is 30.3 Å². The normalized spacial score (nSPS) is 17.3. The highest BCUT2D eigenvalue weighted by Crippen LogP contribution is 2.33. The van der Waals surface area contributed by atoms with E-state index >= 15 is 0 Å². The van der Waals surface area contributed by atoms with Crippen LogP contribution in [0.25, 0.3) is 0 Å². The molecule has 0 aliphatic carbocycles. The van der Waals surface area contributed by atoms with Gasteiger partial charge in [0.15, 0.2) is 5.78 Å². The van der Waals surface area contributed by atoms with Crippen LogP contribution in [-0.2, 0) is 10.0 Å². The maximum Gasteiger partial charge on any atom is 0.293 e. The molecule has 1 aliphatic heterocycles. The molecule has 0 aromatic heterocycles. The lowest BCUT2D eigenvalue weighted by atomic mass is 9.98. The van der Waals surface area contributed by atoms with Crippen molar-refractivity contribution in [3.8, 4) is 0 Å². The zero-order valence-corrected chi connectivity index (χ0v) is 16.0. The lowest BCUT2D eigenvalue weighted by molar-refractivity contribution is -0.384. The number of nitro groups is 1. The number of carbonyl (C=O) groups is 1. The molecule has 9 heteroatoms. The quantitative estimate of drug-likeness (QED) is 0.448. The Morgan fingerprint density at radius 2 is 1.89 bits per heavy atom. The van der Waals surface area contributed by atoms with E-state index in [1.54, 1.807) is 47.4 Å². The van der Waals surface area contributed by atoms with E-state index in [0.717, 1.165) is 0 Å². The van der Waals surface area contributed by atoms with Gasteiger partial charge in [-0.3, -0.25) is 14.9 Å². The minimum Gasteiger partial charge on any atom is -0.366 e. The van der Waals surface area contributed by atoms with Gasteiger partial charge in [-0.1, -0.05) is 30.3 Å². The Morgan fingerprint density at radius 3 is 2.54 bits per heavy atom. The number of hydrogen-bond donors (Lipinski definition) is 1. The standard InChI is InChI=1S/C19H21N3O5S/c20-28(26,27)13-14-5-4-10-21(12-14)17-9-8-16(11-18(17)22(24)25)19(23)15-6-2-1-3-7-15/h1-3,6-9,11,14H,4-5,10,12-13H2,(H2,20,26,27). The van der Waals surface area contributed by atoms with Gasteiger partial charge < -0.3 is 4.90 Å². The van der Waals surface area contributed by atoms with Gasteiger partial charge in [0.05, 0.1) is 10.7 Å². The van der Waals surface area contributed by atoms with Crippen molar-refractivity contribution < 1.29 is 18.1 Å². The van der Waals surface area contributed by atoms with Crippen molar-refractivity contribution in [2.45, 2.75) is 12.8 Å². The molecule has 8 nitrogen and oxygen atoms in total. The van der Waals surface area contributed by atoms with Crippen LogP contribution in [0.2, 0.25) is 0 Å². The molecule has 28 heavy (non-hydrogen) atoms. The summed E-state index contributed by atoms with van der Waals surface area (Å²) in [6, 6.07) is 13.0. The van der Waals surface area contributed by atoms with Gasteiger partial charge in [0.1, 0.15) is 5.69 Å². The predicted molar refractivity (Wildman–Crippen MR) is 106 cm³/mol. The number of nitro benzene ring substituents is 1. The highest BCUT2D eigenvalue weighted by atomic mass is 32.2. The number of piperidine rings is 1. The van der Waals surface area contributed by atoms with Crippen LogP contribution in [0.3, 0.4) is 0 Å². The summed E-state index contributed by atoms with van der Waals surface area (Å²) >= 11 is 0. The van der Waals surface area contributed by atoms with E-state index in [2.05, 4.69) is 0 Å². The summed E-state index contributed by atoms with van der Waals surface area (Å²) in [5, 5.41) is 16.8. The van der Waals surface area contributed by atoms with Gasteiger partial charge in [0.2, 0.25) is 10.0 Å². The van der Waals surface area contributed by atoms with E-state index in [-0.39, 0.29) is 28.7 Å². The van der Waals surface area contributed by atoms with Crippen LogP contribution >= 0.6 is 0 Å². The number of nitrogens with zero attached hydrogens (tertiary/aromatic N) is 2. The second-order valence-corrected chi connectivity index (χ2v) is 8.60. The lowest BCUT2D eigenvalue weighted by Gasteiger charge is -2.33. The minimum atomic E-state index is -3.61. The Balaban J connectivity index is 1.89. The first kappa shape index (κ1) is 20.0. The fourth-order valence-electron chi connectivity index (χ4n) is 3.58. The second-order valence-electron chi connectivity index (χ2n) is 6.94. The number of rotatable bonds is 6. The summed E-state index contributed by atoms with van der Waals surface area (Å²) in [6.45, 7) is 0.942. The molecule has 0 amide bonds. The van der Waals surface area contributed by atoms with Crippen molar-refractivity contribution in [1.82, 2.24) is 0 Å². The number of ketones is 1. The minimum absolute atomic E-state index is 0.151. The number of hydrogen-bond acceptors (Lipinski definition) is 6. The fourth-order valence-corrected chi connectivity index (χ4v) is 4.51. The summed E-state index contributed by atoms with van der Waals surface area (Å²) in [5.41, 5.74) is 0.905. The number of sulfonamides is 1. The van der Waals surface area contributed by atoms with Crippen molar-refractivity contribution in [3.05, 3.63) is 69.8 Å². The highest BCUT2D eigenvalue weighted by Gasteiger charge is 2.28. The summed E-state index contributed by atoms with van der Waals surface area (Å²) in [7, 11) is -3.61. The van der Waals surface area contributed by atoms with Gasteiger partial charge >= 0.3 is 0 Å². The average molecular weight is 403 g/mol. The van der Waals surface area contributed by atoms with Gasteiger partial charge in [-0.15, -0.1) is 0 Å².